The summed E-state index contributed by atoms with van der Waals surface area (Å²) in [7, 11) is 0. The molecule has 0 spiro atoms. The van der Waals surface area contributed by atoms with E-state index in [1.54, 1.807) is 0 Å². The van der Waals surface area contributed by atoms with Crippen molar-refractivity contribution in [1.82, 2.24) is 0 Å². The zero-order valence-corrected chi connectivity index (χ0v) is 14.6. The third-order valence-electron chi connectivity index (χ3n) is 4.30. The average Bonchev–Trinajstić information content (AvgIpc) is 2.64. The van der Waals surface area contributed by atoms with Crippen LogP contribution in [0.3, 0.4) is 0 Å². The Morgan fingerprint density at radius 3 is 2.00 bits per heavy atom. The summed E-state index contributed by atoms with van der Waals surface area (Å²) in [5.41, 5.74) is -0.908. The summed E-state index contributed by atoms with van der Waals surface area (Å²) in [4.78, 5) is 0. The molecule has 10 atom stereocenters. The minimum absolute atomic E-state index is 0.181. The van der Waals surface area contributed by atoms with Gasteiger partial charge in [-0.2, -0.15) is 0 Å². The lowest BCUT2D eigenvalue weighted by Gasteiger charge is -2.46. The number of thioether (sulfide) groups is 1. The predicted molar refractivity (Wildman–Crippen MR) is 87.7 cm³/mol. The Balaban J connectivity index is 2.16. The second-order valence-corrected chi connectivity index (χ2v) is 7.11. The molecule has 0 radical (unpaired) electrons. The lowest BCUT2D eigenvalue weighted by molar-refractivity contribution is -0.334. The molecule has 0 aromatic rings. The van der Waals surface area contributed by atoms with E-state index in [1.165, 1.54) is 0 Å². The largest absolute Gasteiger partial charge is 0.394 e. The zero-order valence-electron chi connectivity index (χ0n) is 13.7. The third-order valence-corrected chi connectivity index (χ3v) is 5.34. The van der Waals surface area contributed by atoms with Gasteiger partial charge in [-0.05, 0) is 0 Å². The Bertz CT molecular complexity index is 486. The van der Waals surface area contributed by atoms with Gasteiger partial charge in [-0.1, -0.05) is 5.92 Å². The molecule has 26 heavy (non-hydrogen) atoms. The molecule has 2 heterocycles. The van der Waals surface area contributed by atoms with E-state index in [1.807, 2.05) is 0 Å². The normalized spacial score (nSPS) is 46.7. The van der Waals surface area contributed by atoms with Crippen LogP contribution in [0.25, 0.3) is 0 Å². The fraction of sp³-hybridized carbons (Fsp3) is 0.867. The zero-order chi connectivity index (χ0) is 19.4. The first kappa shape index (κ1) is 21.8. The lowest BCUT2D eigenvalue weighted by atomic mass is 9.98. The van der Waals surface area contributed by atoms with Crippen molar-refractivity contribution in [1.29, 1.82) is 0 Å². The van der Waals surface area contributed by atoms with E-state index in [2.05, 4.69) is 5.92 Å². The maximum atomic E-state index is 10.3. The number of hydrogen-bond donors (Lipinski definition) is 7. The number of hydrogen-bond acceptors (Lipinski definition) is 11. The minimum Gasteiger partial charge on any atom is -0.394 e. The smallest absolute Gasteiger partial charge is 0.187 e. The second kappa shape index (κ2) is 9.63. The summed E-state index contributed by atoms with van der Waals surface area (Å²) in [6.45, 7) is -1.18. The molecule has 0 unspecified atom stereocenters. The number of terminal acetylenes is 1. The van der Waals surface area contributed by atoms with Crippen molar-refractivity contribution in [2.75, 3.05) is 19.0 Å². The van der Waals surface area contributed by atoms with Gasteiger partial charge in [0.2, 0.25) is 0 Å². The van der Waals surface area contributed by atoms with Crippen LogP contribution in [0.15, 0.2) is 0 Å². The van der Waals surface area contributed by atoms with E-state index in [9.17, 15) is 35.7 Å². The van der Waals surface area contributed by atoms with Gasteiger partial charge in [0.15, 0.2) is 6.29 Å². The highest BCUT2D eigenvalue weighted by atomic mass is 32.2. The Kier molecular flexibility index (Phi) is 8.08. The molecule has 2 rings (SSSR count). The molecule has 2 aliphatic heterocycles. The van der Waals surface area contributed by atoms with E-state index in [-0.39, 0.29) is 5.75 Å². The van der Waals surface area contributed by atoms with E-state index in [4.69, 9.17) is 20.6 Å². The SMILES string of the molecule is C#CCS[C@@H]1O[C@H](CO)[C@@H](O)[C@H](O)[C@@H]1O[C@@H]1O[C@@H](CO)[C@H](O)[C@@H](O)[C@H]1O. The number of aliphatic hydroxyl groups is 7. The number of ether oxygens (including phenoxy) is 3. The first-order valence-electron chi connectivity index (χ1n) is 7.99. The molecule has 0 saturated carbocycles. The topological polar surface area (TPSA) is 169 Å². The monoisotopic (exact) mass is 396 g/mol. The van der Waals surface area contributed by atoms with Gasteiger partial charge in [-0.25, -0.2) is 0 Å². The molecule has 10 nitrogen and oxygen atoms in total. The number of rotatable bonds is 6. The van der Waals surface area contributed by atoms with Crippen molar-refractivity contribution in [2.24, 2.45) is 0 Å². The maximum absolute atomic E-state index is 10.3. The van der Waals surface area contributed by atoms with Crippen molar-refractivity contribution in [3.63, 3.8) is 0 Å². The molecule has 150 valence electrons. The molecule has 7 N–H and O–H groups in total. The quantitative estimate of drug-likeness (QED) is 0.218. The van der Waals surface area contributed by atoms with Gasteiger partial charge in [-0.3, -0.25) is 0 Å². The van der Waals surface area contributed by atoms with E-state index in [0.717, 1.165) is 11.8 Å². The molecule has 2 fully saturated rings. The van der Waals surface area contributed by atoms with E-state index in [0.29, 0.717) is 0 Å². The highest BCUT2D eigenvalue weighted by Crippen LogP contribution is 2.33. The fourth-order valence-electron chi connectivity index (χ4n) is 2.80. The summed E-state index contributed by atoms with van der Waals surface area (Å²) >= 11 is 1.06. The molecular weight excluding hydrogens is 372 g/mol. The summed E-state index contributed by atoms with van der Waals surface area (Å²) in [5.74, 6) is 2.55. The van der Waals surface area contributed by atoms with Crippen LogP contribution in [0.2, 0.25) is 0 Å². The fourth-order valence-corrected chi connectivity index (χ4v) is 3.70. The van der Waals surface area contributed by atoms with Crippen LogP contribution < -0.4 is 0 Å². The minimum atomic E-state index is -1.68. The Hall–Kier alpha value is -0.490. The molecular formula is C15H24O10S. The predicted octanol–water partition coefficient (Wildman–Crippen LogP) is -4.02. The second-order valence-electron chi connectivity index (χ2n) is 6.02. The molecule has 0 amide bonds. The average molecular weight is 396 g/mol. The van der Waals surface area contributed by atoms with Gasteiger partial charge in [-0.15, -0.1) is 18.2 Å². The van der Waals surface area contributed by atoms with Crippen molar-refractivity contribution < 1.29 is 50.0 Å². The molecule has 0 aromatic carbocycles. The Morgan fingerprint density at radius 2 is 1.42 bits per heavy atom. The highest BCUT2D eigenvalue weighted by molar-refractivity contribution is 8.00. The van der Waals surface area contributed by atoms with Gasteiger partial charge in [0.25, 0.3) is 0 Å². The Morgan fingerprint density at radius 1 is 0.846 bits per heavy atom. The number of aliphatic hydroxyl groups excluding tert-OH is 7. The molecule has 0 bridgehead atoms. The van der Waals surface area contributed by atoms with Crippen LogP contribution in [-0.4, -0.2) is 115 Å². The first-order valence-corrected chi connectivity index (χ1v) is 9.04. The van der Waals surface area contributed by atoms with Gasteiger partial charge >= 0.3 is 0 Å². The summed E-state index contributed by atoms with van der Waals surface area (Å²) in [6, 6.07) is 0. The van der Waals surface area contributed by atoms with Crippen molar-refractivity contribution in [2.45, 2.75) is 60.6 Å². The van der Waals surface area contributed by atoms with Gasteiger partial charge in [0, 0.05) is 0 Å². The maximum Gasteiger partial charge on any atom is 0.187 e. The molecule has 2 saturated heterocycles. The summed E-state index contributed by atoms with van der Waals surface area (Å²) < 4.78 is 16.3. The molecule has 11 heteroatoms. The molecule has 0 aliphatic carbocycles. The Labute approximate surface area is 154 Å². The van der Waals surface area contributed by atoms with E-state index < -0.39 is 73.8 Å². The van der Waals surface area contributed by atoms with Crippen molar-refractivity contribution in [3.8, 4) is 12.3 Å². The van der Waals surface area contributed by atoms with Crippen molar-refractivity contribution in [3.05, 3.63) is 0 Å². The van der Waals surface area contributed by atoms with Crippen LogP contribution in [0.1, 0.15) is 0 Å². The standard InChI is InChI=1S/C15H24O10S/c1-2-3-26-15-13(11(21)9(19)7(5-17)24-15)25-14-12(22)10(20)8(18)6(4-16)23-14/h1,6-22H,3-5H2/t6-,7+,8-,9+,10+,11-,12+,13-,14-,15-/m0/s1. The van der Waals surface area contributed by atoms with Gasteiger partial charge < -0.3 is 50.0 Å². The molecule has 2 aliphatic rings. The van der Waals surface area contributed by atoms with Crippen LogP contribution in [0, 0.1) is 12.3 Å². The highest BCUT2D eigenvalue weighted by Gasteiger charge is 2.50. The van der Waals surface area contributed by atoms with Crippen LogP contribution in [0.5, 0.6) is 0 Å². The van der Waals surface area contributed by atoms with Crippen LogP contribution in [-0.2, 0) is 14.2 Å². The van der Waals surface area contributed by atoms with Crippen molar-refractivity contribution >= 4 is 11.8 Å². The molecule has 0 aromatic heterocycles. The first-order chi connectivity index (χ1) is 12.3. The summed E-state index contributed by atoms with van der Waals surface area (Å²) in [6.07, 6.45) is -7.65. The summed E-state index contributed by atoms with van der Waals surface area (Å²) in [5, 5.41) is 68.5. The van der Waals surface area contributed by atoms with E-state index >= 15 is 0 Å². The van der Waals surface area contributed by atoms with Crippen LogP contribution >= 0.6 is 11.8 Å². The van der Waals surface area contributed by atoms with Gasteiger partial charge in [0.05, 0.1) is 19.0 Å². The van der Waals surface area contributed by atoms with Gasteiger partial charge in [0.1, 0.15) is 54.3 Å². The van der Waals surface area contributed by atoms with Crippen LogP contribution in [0.4, 0.5) is 0 Å². The lowest BCUT2D eigenvalue weighted by Crippen LogP contribution is -2.63. The third kappa shape index (κ3) is 4.49.